The van der Waals surface area contributed by atoms with Crippen LogP contribution in [0.5, 0.6) is 0 Å². The van der Waals surface area contributed by atoms with E-state index in [1.54, 1.807) is 24.3 Å². The molecule has 1 amide bonds. The van der Waals surface area contributed by atoms with Crippen LogP contribution >= 0.6 is 34.8 Å². The summed E-state index contributed by atoms with van der Waals surface area (Å²) in [7, 11) is 0. The van der Waals surface area contributed by atoms with Crippen LogP contribution in [0.1, 0.15) is 18.1 Å². The zero-order valence-corrected chi connectivity index (χ0v) is 13.6. The lowest BCUT2D eigenvalue weighted by molar-refractivity contribution is -0.144. The third kappa shape index (κ3) is 5.26. The van der Waals surface area contributed by atoms with Crippen LogP contribution < -0.4 is 5.32 Å². The molecule has 1 aromatic carbocycles. The van der Waals surface area contributed by atoms with E-state index in [0.717, 1.165) is 5.56 Å². The van der Waals surface area contributed by atoms with Gasteiger partial charge in [0.2, 0.25) is 3.79 Å². The number of alkyl carbamates (subject to hydrolysis) is 1. The summed E-state index contributed by atoms with van der Waals surface area (Å²) in [5.74, 6) is -1.24. The molecular weight excluding hydrogens is 341 g/mol. The number of aliphatic carboxylic acids is 1. The van der Waals surface area contributed by atoms with Crippen molar-refractivity contribution >= 4 is 46.9 Å². The summed E-state index contributed by atoms with van der Waals surface area (Å²) in [6, 6.07) is 6.70. The Morgan fingerprint density at radius 3 is 2.19 bits per heavy atom. The predicted molar refractivity (Wildman–Crippen MR) is 80.9 cm³/mol. The largest absolute Gasteiger partial charge is 0.479 e. The highest BCUT2D eigenvalue weighted by Crippen LogP contribution is 2.26. The van der Waals surface area contributed by atoms with Crippen molar-refractivity contribution in [3.05, 3.63) is 35.4 Å². The van der Waals surface area contributed by atoms with E-state index in [1.165, 1.54) is 6.92 Å². The number of carboxylic acids is 1. The van der Waals surface area contributed by atoms with Crippen molar-refractivity contribution in [1.29, 1.82) is 0 Å². The van der Waals surface area contributed by atoms with E-state index in [2.05, 4.69) is 10.1 Å². The summed E-state index contributed by atoms with van der Waals surface area (Å²) < 4.78 is 2.93. The summed E-state index contributed by atoms with van der Waals surface area (Å²) >= 11 is 16.4. The average molecular weight is 355 g/mol. The number of ether oxygens (including phenoxy) is 1. The van der Waals surface area contributed by atoms with E-state index in [9.17, 15) is 14.7 Å². The number of halogens is 3. The number of nitrogens with one attached hydrogen (secondary N) is 1. The Hall–Kier alpha value is -1.17. The number of hydrogen-bond acceptors (Lipinski definition) is 3. The van der Waals surface area contributed by atoms with E-state index in [-0.39, 0.29) is 0 Å². The molecular formula is C13H14Cl3NO4. The molecule has 0 heterocycles. The molecule has 8 heteroatoms. The topological polar surface area (TPSA) is 75.6 Å². The van der Waals surface area contributed by atoms with Crippen LogP contribution in [-0.4, -0.2) is 27.6 Å². The Bertz CT molecular complexity index is 527. The molecule has 116 valence electrons. The Balaban J connectivity index is 2.89. The molecule has 5 nitrogen and oxygen atoms in total. The maximum Gasteiger partial charge on any atom is 0.408 e. The normalized spacial score (nSPS) is 14.1. The van der Waals surface area contributed by atoms with Crippen molar-refractivity contribution in [2.75, 3.05) is 6.61 Å². The molecule has 1 atom stereocenters. The van der Waals surface area contributed by atoms with Crippen molar-refractivity contribution in [2.24, 2.45) is 0 Å². The molecule has 0 aromatic heterocycles. The highest BCUT2D eigenvalue weighted by Gasteiger charge is 2.38. The van der Waals surface area contributed by atoms with E-state index in [0.29, 0.717) is 5.56 Å². The van der Waals surface area contributed by atoms with Crippen LogP contribution in [0.4, 0.5) is 4.79 Å². The maximum absolute atomic E-state index is 11.7. The molecule has 0 radical (unpaired) electrons. The first-order chi connectivity index (χ1) is 9.54. The second-order valence-electron chi connectivity index (χ2n) is 4.61. The van der Waals surface area contributed by atoms with Gasteiger partial charge in [-0.3, -0.25) is 0 Å². The van der Waals surface area contributed by atoms with E-state index in [1.807, 2.05) is 6.92 Å². The summed E-state index contributed by atoms with van der Waals surface area (Å²) in [5.41, 5.74) is -0.296. The number of rotatable bonds is 4. The van der Waals surface area contributed by atoms with Crippen LogP contribution in [0.2, 0.25) is 0 Å². The van der Waals surface area contributed by atoms with Gasteiger partial charge in [-0.1, -0.05) is 64.6 Å². The summed E-state index contributed by atoms with van der Waals surface area (Å²) in [5, 5.41) is 11.6. The second-order valence-corrected chi connectivity index (χ2v) is 7.13. The zero-order chi connectivity index (χ0) is 16.3. The van der Waals surface area contributed by atoms with Gasteiger partial charge in [0.05, 0.1) is 0 Å². The molecule has 0 bridgehead atoms. The van der Waals surface area contributed by atoms with Crippen molar-refractivity contribution in [3.63, 3.8) is 0 Å². The van der Waals surface area contributed by atoms with Gasteiger partial charge >= 0.3 is 12.1 Å². The second kappa shape index (κ2) is 6.73. The number of hydrogen-bond donors (Lipinski definition) is 2. The Kier molecular flexibility index (Phi) is 5.73. The van der Waals surface area contributed by atoms with Gasteiger partial charge in [-0.05, 0) is 19.4 Å². The van der Waals surface area contributed by atoms with Gasteiger partial charge in [0, 0.05) is 0 Å². The van der Waals surface area contributed by atoms with Gasteiger partial charge in [-0.15, -0.1) is 0 Å². The average Bonchev–Trinajstić information content (AvgIpc) is 2.36. The minimum atomic E-state index is -1.76. The lowest BCUT2D eigenvalue weighted by Crippen LogP contribution is -2.50. The van der Waals surface area contributed by atoms with Crippen molar-refractivity contribution in [2.45, 2.75) is 23.2 Å². The van der Waals surface area contributed by atoms with Crippen molar-refractivity contribution < 1.29 is 19.4 Å². The van der Waals surface area contributed by atoms with Crippen LogP contribution in [0.3, 0.4) is 0 Å². The number of carbonyl (C=O) groups is 2. The third-order valence-electron chi connectivity index (χ3n) is 2.78. The van der Waals surface area contributed by atoms with Crippen LogP contribution in [0.15, 0.2) is 24.3 Å². The first kappa shape index (κ1) is 17.9. The van der Waals surface area contributed by atoms with Gasteiger partial charge in [0.15, 0.2) is 5.54 Å². The summed E-state index contributed by atoms with van der Waals surface area (Å²) in [4.78, 5) is 23.2. The van der Waals surface area contributed by atoms with Gasteiger partial charge in [-0.25, -0.2) is 9.59 Å². The smallest absolute Gasteiger partial charge is 0.408 e. The number of aryl methyl sites for hydroxylation is 1. The predicted octanol–water partition coefficient (Wildman–Crippen LogP) is 3.39. The van der Waals surface area contributed by atoms with Crippen LogP contribution in [-0.2, 0) is 15.1 Å². The Morgan fingerprint density at radius 1 is 1.24 bits per heavy atom. The summed E-state index contributed by atoms with van der Waals surface area (Å²) in [6.45, 7) is 2.72. The SMILES string of the molecule is Cc1ccc([C@](C)(NC(=O)OCC(Cl)(Cl)Cl)C(=O)O)cc1. The quantitative estimate of drug-likeness (QED) is 0.813. The third-order valence-corrected chi connectivity index (χ3v) is 3.10. The molecule has 1 aromatic rings. The molecule has 0 saturated heterocycles. The van der Waals surface area contributed by atoms with E-state index < -0.39 is 28.0 Å². The highest BCUT2D eigenvalue weighted by molar-refractivity contribution is 6.67. The molecule has 1 rings (SSSR count). The number of carboxylic acid groups (broad SMARTS) is 1. The lowest BCUT2D eigenvalue weighted by atomic mass is 9.91. The van der Waals surface area contributed by atoms with E-state index in [4.69, 9.17) is 34.8 Å². The van der Waals surface area contributed by atoms with Crippen LogP contribution in [0.25, 0.3) is 0 Å². The molecule has 0 saturated carbocycles. The molecule has 0 fully saturated rings. The number of benzene rings is 1. The lowest BCUT2D eigenvalue weighted by Gasteiger charge is -2.26. The van der Waals surface area contributed by atoms with Gasteiger partial charge in [-0.2, -0.15) is 0 Å². The Labute approximate surface area is 137 Å². The fraction of sp³-hybridized carbons (Fsp3) is 0.385. The summed E-state index contributed by atoms with van der Waals surface area (Å²) in [6.07, 6.45) is -0.994. The highest BCUT2D eigenvalue weighted by atomic mass is 35.6. The number of carbonyl (C=O) groups excluding carboxylic acids is 1. The minimum absolute atomic E-state index is 0.395. The molecule has 0 aliphatic rings. The monoisotopic (exact) mass is 353 g/mol. The van der Waals surface area contributed by atoms with Crippen molar-refractivity contribution in [1.82, 2.24) is 5.32 Å². The molecule has 0 aliphatic carbocycles. The fourth-order valence-corrected chi connectivity index (χ4v) is 1.69. The zero-order valence-electron chi connectivity index (χ0n) is 11.3. The first-order valence-corrected chi connectivity index (χ1v) is 7.00. The molecule has 0 spiro atoms. The molecule has 0 unspecified atom stereocenters. The fourth-order valence-electron chi connectivity index (χ4n) is 1.52. The number of alkyl halides is 3. The minimum Gasteiger partial charge on any atom is -0.479 e. The first-order valence-electron chi connectivity index (χ1n) is 5.87. The molecule has 2 N–H and O–H groups in total. The number of amides is 1. The Morgan fingerprint density at radius 2 is 1.76 bits per heavy atom. The molecule has 0 aliphatic heterocycles. The van der Waals surface area contributed by atoms with E-state index >= 15 is 0 Å². The van der Waals surface area contributed by atoms with Crippen LogP contribution in [0, 0.1) is 6.92 Å². The van der Waals surface area contributed by atoms with Gasteiger partial charge < -0.3 is 15.2 Å². The van der Waals surface area contributed by atoms with Crippen molar-refractivity contribution in [3.8, 4) is 0 Å². The standard InChI is InChI=1S/C13H14Cl3NO4/c1-8-3-5-9(6-4-8)12(2,10(18)19)17-11(20)21-7-13(14,15)16/h3-6H,7H2,1-2H3,(H,17,20)(H,18,19)/t12-/m0/s1. The maximum atomic E-state index is 11.7. The van der Waals surface area contributed by atoms with Gasteiger partial charge in [0.25, 0.3) is 0 Å². The van der Waals surface area contributed by atoms with Gasteiger partial charge in [0.1, 0.15) is 6.61 Å². The molecule has 21 heavy (non-hydrogen) atoms.